The number of fused-ring (bicyclic) bond motifs is 5. The number of aromatic nitrogens is 2. The van der Waals surface area contributed by atoms with Gasteiger partial charge in [0.25, 0.3) is 5.92 Å². The Morgan fingerprint density at radius 1 is 1.03 bits per heavy atom. The Bertz CT molecular complexity index is 2200. The molecular formula is C43H54F4N4O9S. The smallest absolute Gasteiger partial charge is 0.306 e. The Hall–Kier alpha value is -4.35. The lowest BCUT2D eigenvalue weighted by atomic mass is 9.77. The van der Waals surface area contributed by atoms with Gasteiger partial charge in [0.05, 0.1) is 53.7 Å². The number of methoxy groups -OCH3 is 1. The maximum atomic E-state index is 16.5. The predicted molar refractivity (Wildman–Crippen MR) is 213 cm³/mol. The lowest BCUT2D eigenvalue weighted by Crippen LogP contribution is -2.50. The summed E-state index contributed by atoms with van der Waals surface area (Å²) in [7, 11) is -2.74. The van der Waals surface area contributed by atoms with Crippen LogP contribution in [0.25, 0.3) is 11.0 Å². The third-order valence-corrected chi connectivity index (χ3v) is 15.0. The Morgan fingerprint density at radius 3 is 2.43 bits per heavy atom. The molecule has 3 fully saturated rings. The average molecular weight is 879 g/mol. The molecule has 2 bridgehead atoms. The molecular weight excluding hydrogens is 825 g/mol. The Balaban J connectivity index is 1.30. The standard InChI is InChI=1S/C43H54F4N4O9S/c1-23-33-22-51(35(23)31(52)21-42(20-28(42)37(44)45)40(55)50-61(56,57)26-14-15-26)39(54)27(41(2,3)4)19-34(53)59-32-12-7-6-10-24(32)11-8-9-17-43(46,47)36-38(60-33)49-30-18-25(58-5)13-16-29(30)48-36/h6,10,13,16,18,23-24,26-28,32-33,35,37H,7-9,11-12,14-15,17,19-22H2,1-5H3,(H,50,55)/t23-,24+,27-,28+,32-,33+,35+,42-/m1/s1. The van der Waals surface area contributed by atoms with Crippen molar-refractivity contribution >= 4 is 44.6 Å². The van der Waals surface area contributed by atoms with Crippen molar-refractivity contribution in [3.05, 3.63) is 36.0 Å². The molecule has 2 saturated carbocycles. The number of benzene rings is 1. The molecule has 18 heteroatoms. The van der Waals surface area contributed by atoms with Crippen LogP contribution in [0.2, 0.25) is 0 Å². The number of esters is 1. The molecule has 1 aromatic heterocycles. The molecule has 1 aromatic carbocycles. The molecule has 61 heavy (non-hydrogen) atoms. The fraction of sp³-hybridized carbons (Fsp3) is 0.674. The summed E-state index contributed by atoms with van der Waals surface area (Å²) in [5, 5.41) is -0.842. The summed E-state index contributed by atoms with van der Waals surface area (Å²) in [5.74, 6) is -11.0. The average Bonchev–Trinajstić information content (AvgIpc) is 4.12. The number of allylic oxidation sites excluding steroid dienone is 1. The van der Waals surface area contributed by atoms with Crippen LogP contribution in [0.3, 0.4) is 0 Å². The number of Topliss-reactive ketones (excluding diaryl/α,β-unsaturated/α-hetero) is 1. The number of nitrogens with one attached hydrogen (secondary N) is 1. The number of carbonyl (C=O) groups is 4. The number of hydrogen-bond donors (Lipinski definition) is 1. The van der Waals surface area contributed by atoms with Crippen LogP contribution >= 0.6 is 0 Å². The minimum absolute atomic E-state index is 0.0848. The normalized spacial score (nSPS) is 31.0. The minimum Gasteiger partial charge on any atom is -0.497 e. The third kappa shape index (κ3) is 9.24. The van der Waals surface area contributed by atoms with Crippen LogP contribution in [0.15, 0.2) is 30.4 Å². The molecule has 3 aliphatic carbocycles. The first-order valence-electron chi connectivity index (χ1n) is 21.1. The number of rotatable bonds is 8. The van der Waals surface area contributed by atoms with Gasteiger partial charge >= 0.3 is 5.97 Å². The highest BCUT2D eigenvalue weighted by Crippen LogP contribution is 2.59. The lowest BCUT2D eigenvalue weighted by molar-refractivity contribution is -0.158. The molecule has 1 saturated heterocycles. The largest absolute Gasteiger partial charge is 0.497 e. The number of ether oxygens (including phenoxy) is 3. The fourth-order valence-corrected chi connectivity index (χ4v) is 10.6. The number of nitrogens with zero attached hydrogens (tertiary/aromatic N) is 3. The molecule has 2 amide bonds. The monoisotopic (exact) mass is 878 g/mol. The van der Waals surface area contributed by atoms with E-state index in [1.165, 1.54) is 31.1 Å². The van der Waals surface area contributed by atoms with Crippen LogP contribution in [-0.4, -0.2) is 90.4 Å². The Kier molecular flexibility index (Phi) is 12.3. The summed E-state index contributed by atoms with van der Waals surface area (Å²) >= 11 is 0. The van der Waals surface area contributed by atoms with Gasteiger partial charge in [0.1, 0.15) is 18.0 Å². The van der Waals surface area contributed by atoms with Crippen molar-refractivity contribution in [1.29, 1.82) is 0 Å². The first-order valence-corrected chi connectivity index (χ1v) is 22.6. The van der Waals surface area contributed by atoms with Gasteiger partial charge in [-0.2, -0.15) is 8.78 Å². The quantitative estimate of drug-likeness (QED) is 0.171. The van der Waals surface area contributed by atoms with Gasteiger partial charge in [-0.05, 0) is 62.5 Å². The summed E-state index contributed by atoms with van der Waals surface area (Å²) in [5.41, 5.74) is -3.41. The van der Waals surface area contributed by atoms with Gasteiger partial charge in [0.2, 0.25) is 34.1 Å². The molecule has 2 aliphatic heterocycles. The zero-order valence-electron chi connectivity index (χ0n) is 35.0. The van der Waals surface area contributed by atoms with E-state index in [0.717, 1.165) is 0 Å². The highest BCUT2D eigenvalue weighted by Gasteiger charge is 2.66. The molecule has 8 atom stereocenters. The van der Waals surface area contributed by atoms with E-state index in [4.69, 9.17) is 14.2 Å². The Labute approximate surface area is 352 Å². The first kappa shape index (κ1) is 44.7. The van der Waals surface area contributed by atoms with E-state index in [0.29, 0.717) is 44.3 Å². The van der Waals surface area contributed by atoms with E-state index in [1.54, 1.807) is 26.8 Å². The second-order valence-electron chi connectivity index (χ2n) is 18.6. The van der Waals surface area contributed by atoms with Gasteiger partial charge in [0.15, 0.2) is 11.5 Å². The van der Waals surface area contributed by atoms with Crippen LogP contribution in [0.5, 0.6) is 11.6 Å². The maximum Gasteiger partial charge on any atom is 0.306 e. The number of alkyl halides is 4. The second kappa shape index (κ2) is 16.7. The van der Waals surface area contributed by atoms with Crippen molar-refractivity contribution in [2.24, 2.45) is 34.5 Å². The van der Waals surface area contributed by atoms with Crippen molar-refractivity contribution in [3.63, 3.8) is 0 Å². The number of hydrogen-bond acceptors (Lipinski definition) is 11. The molecule has 5 aliphatic rings. The number of ketones is 1. The van der Waals surface area contributed by atoms with Gasteiger partial charge in [-0.1, -0.05) is 46.3 Å². The van der Waals surface area contributed by atoms with Gasteiger partial charge in [0, 0.05) is 36.7 Å². The lowest BCUT2D eigenvalue weighted by Gasteiger charge is -2.36. The summed E-state index contributed by atoms with van der Waals surface area (Å²) in [6.07, 6.45) is -0.526. The summed E-state index contributed by atoms with van der Waals surface area (Å²) in [4.78, 5) is 67.0. The van der Waals surface area contributed by atoms with Crippen LogP contribution in [0, 0.1) is 34.5 Å². The van der Waals surface area contributed by atoms with Gasteiger partial charge in [-0.25, -0.2) is 27.2 Å². The molecule has 0 unspecified atom stereocenters. The zero-order chi connectivity index (χ0) is 44.2. The summed E-state index contributed by atoms with van der Waals surface area (Å²) < 4.78 is 107. The van der Waals surface area contributed by atoms with Crippen molar-refractivity contribution < 1.29 is 59.4 Å². The van der Waals surface area contributed by atoms with Crippen molar-refractivity contribution in [3.8, 4) is 11.6 Å². The first-order chi connectivity index (χ1) is 28.6. The summed E-state index contributed by atoms with van der Waals surface area (Å²) in [6.45, 7) is 6.40. The van der Waals surface area contributed by atoms with Gasteiger partial charge in [-0.3, -0.25) is 23.9 Å². The fourth-order valence-electron chi connectivity index (χ4n) is 9.22. The van der Waals surface area contributed by atoms with Crippen molar-refractivity contribution in [2.45, 2.75) is 134 Å². The van der Waals surface area contributed by atoms with Crippen molar-refractivity contribution in [2.75, 3.05) is 13.7 Å². The number of sulfonamides is 1. The Morgan fingerprint density at radius 2 is 1.77 bits per heavy atom. The summed E-state index contributed by atoms with van der Waals surface area (Å²) in [6, 6.07) is 3.09. The topological polar surface area (TPSA) is 171 Å². The van der Waals surface area contributed by atoms with E-state index in [-0.39, 0.29) is 36.3 Å². The van der Waals surface area contributed by atoms with Crippen LogP contribution in [0.1, 0.15) is 104 Å². The van der Waals surface area contributed by atoms with Crippen LogP contribution in [-0.2, 0) is 39.9 Å². The van der Waals surface area contributed by atoms with E-state index < -0.39 is 129 Å². The highest BCUT2D eigenvalue weighted by atomic mass is 32.2. The highest BCUT2D eigenvalue weighted by molar-refractivity contribution is 7.90. The molecule has 0 radical (unpaired) electrons. The SMILES string of the molecule is COc1ccc2nc3c(nc2c1)O[C@H]1CN(C(=O)[C@H](C(C)(C)C)CC(=O)O[C@@H]2CCC=C[C@H]2CCCCC3(F)F)[C@H](C(=O)C[C@]2(C(=O)NS(=O)(=O)C3CC3)C[C@H]2C(F)F)[C@@H]1C. The molecule has 2 aromatic rings. The maximum absolute atomic E-state index is 16.5. The van der Waals surface area contributed by atoms with Gasteiger partial charge < -0.3 is 19.1 Å². The van der Waals surface area contributed by atoms with Crippen molar-refractivity contribution in [1.82, 2.24) is 19.6 Å². The van der Waals surface area contributed by atoms with Crippen LogP contribution < -0.4 is 14.2 Å². The van der Waals surface area contributed by atoms with E-state index >= 15 is 8.78 Å². The van der Waals surface area contributed by atoms with E-state index in [1.807, 2.05) is 16.9 Å². The van der Waals surface area contributed by atoms with Crippen LogP contribution in [0.4, 0.5) is 17.6 Å². The number of halogens is 4. The second-order valence-corrected chi connectivity index (χ2v) is 20.5. The molecule has 13 nitrogen and oxygen atoms in total. The minimum atomic E-state index is -4.17. The molecule has 334 valence electrons. The predicted octanol–water partition coefficient (Wildman–Crippen LogP) is 6.67. The number of carbonyl (C=O) groups excluding carboxylic acids is 4. The molecule has 7 rings (SSSR count). The molecule has 1 N–H and O–H groups in total. The van der Waals surface area contributed by atoms with E-state index in [9.17, 15) is 36.4 Å². The van der Waals surface area contributed by atoms with Gasteiger partial charge in [-0.15, -0.1) is 0 Å². The number of amides is 2. The molecule has 3 heterocycles. The van der Waals surface area contributed by atoms with E-state index in [2.05, 4.69) is 9.97 Å². The molecule has 0 spiro atoms. The zero-order valence-corrected chi connectivity index (χ0v) is 35.8. The third-order valence-electron chi connectivity index (χ3n) is 13.2.